The van der Waals surface area contributed by atoms with E-state index >= 15 is 0 Å². The van der Waals surface area contributed by atoms with Crippen LogP contribution in [0, 0.1) is 0 Å². The molecule has 0 fully saturated rings. The van der Waals surface area contributed by atoms with Crippen molar-refractivity contribution in [3.05, 3.63) is 54.0 Å². The SMILES string of the molecule is C[Si](C)(C)CCOC(Br)c1cc2cc[nH]c2nc1OC(CCN)c1ccccn1. The number of ether oxygens (including phenoxy) is 2. The molecule has 0 spiro atoms. The van der Waals surface area contributed by atoms with Gasteiger partial charge in [-0.1, -0.05) is 41.6 Å². The van der Waals surface area contributed by atoms with Gasteiger partial charge in [0.2, 0.25) is 5.88 Å². The molecule has 0 aliphatic rings. The molecule has 0 saturated heterocycles. The summed E-state index contributed by atoms with van der Waals surface area (Å²) >= 11 is 3.69. The van der Waals surface area contributed by atoms with Gasteiger partial charge in [0.05, 0.1) is 11.3 Å². The van der Waals surface area contributed by atoms with Crippen LogP contribution in [0.5, 0.6) is 5.88 Å². The maximum absolute atomic E-state index is 6.34. The number of nitrogens with zero attached hydrogens (tertiary/aromatic N) is 2. The number of alkyl halides is 1. The van der Waals surface area contributed by atoms with Crippen molar-refractivity contribution in [2.24, 2.45) is 5.73 Å². The zero-order chi connectivity index (χ0) is 20.9. The number of H-pyrrole nitrogens is 1. The number of nitrogens with two attached hydrogens (primary N) is 1. The molecule has 0 aliphatic carbocycles. The molecule has 3 rings (SSSR count). The number of aromatic amines is 1. The Balaban J connectivity index is 1.87. The standard InChI is InChI=1S/C21H29BrN4O2Si/c1-29(2,3)13-12-27-19(22)16-14-15-8-11-25-20(15)26-21(16)28-18(7-9-23)17-6-4-5-10-24-17/h4-6,8,10-11,14,18-19H,7,9,12-13,23H2,1-3H3,(H,25,26). The smallest absolute Gasteiger partial charge is 0.222 e. The van der Waals surface area contributed by atoms with E-state index in [1.165, 1.54) is 0 Å². The summed E-state index contributed by atoms with van der Waals surface area (Å²) in [6.07, 6.45) is 4.00. The highest BCUT2D eigenvalue weighted by molar-refractivity contribution is 9.09. The maximum atomic E-state index is 6.34. The molecule has 0 amide bonds. The van der Waals surface area contributed by atoms with Gasteiger partial charge in [0, 0.05) is 38.9 Å². The van der Waals surface area contributed by atoms with Crippen molar-refractivity contribution in [2.75, 3.05) is 13.2 Å². The third-order valence-corrected chi connectivity index (χ3v) is 7.05. The summed E-state index contributed by atoms with van der Waals surface area (Å²) in [4.78, 5) is 12.3. The van der Waals surface area contributed by atoms with Gasteiger partial charge in [-0.15, -0.1) is 0 Å². The van der Waals surface area contributed by atoms with Crippen LogP contribution in [-0.2, 0) is 4.74 Å². The maximum Gasteiger partial charge on any atom is 0.222 e. The Bertz CT molecular complexity index is 914. The quantitative estimate of drug-likeness (QED) is 0.311. The largest absolute Gasteiger partial charge is 0.467 e. The average molecular weight is 477 g/mol. The van der Waals surface area contributed by atoms with E-state index in [1.54, 1.807) is 6.20 Å². The normalized spacial score (nSPS) is 14.1. The topological polar surface area (TPSA) is 86.0 Å². The molecular formula is C21H29BrN4O2Si. The summed E-state index contributed by atoms with van der Waals surface area (Å²) < 4.78 is 12.4. The third-order valence-electron chi connectivity index (χ3n) is 4.59. The molecular weight excluding hydrogens is 448 g/mol. The van der Waals surface area contributed by atoms with Gasteiger partial charge in [-0.25, -0.2) is 0 Å². The van der Waals surface area contributed by atoms with Crippen molar-refractivity contribution >= 4 is 35.0 Å². The van der Waals surface area contributed by atoms with Crippen LogP contribution in [0.4, 0.5) is 0 Å². The second-order valence-electron chi connectivity index (χ2n) is 8.23. The summed E-state index contributed by atoms with van der Waals surface area (Å²) in [5, 5.41) is 0.710. The lowest BCUT2D eigenvalue weighted by Crippen LogP contribution is -2.22. The zero-order valence-electron chi connectivity index (χ0n) is 17.2. The van der Waals surface area contributed by atoms with Crippen LogP contribution in [-0.4, -0.2) is 36.2 Å². The lowest BCUT2D eigenvalue weighted by molar-refractivity contribution is 0.121. The lowest BCUT2D eigenvalue weighted by Gasteiger charge is -2.22. The third kappa shape index (κ3) is 6.12. The number of halogens is 1. The molecule has 3 aromatic heterocycles. The molecule has 3 N–H and O–H groups in total. The summed E-state index contributed by atoms with van der Waals surface area (Å²) in [6.45, 7) is 8.21. The Morgan fingerprint density at radius 1 is 1.24 bits per heavy atom. The zero-order valence-corrected chi connectivity index (χ0v) is 19.8. The molecule has 2 atom stereocenters. The van der Waals surface area contributed by atoms with Crippen LogP contribution in [0.15, 0.2) is 42.7 Å². The molecule has 29 heavy (non-hydrogen) atoms. The Kier molecular flexibility index (Phi) is 7.45. The van der Waals surface area contributed by atoms with Crippen LogP contribution in [0.1, 0.15) is 28.8 Å². The lowest BCUT2D eigenvalue weighted by atomic mass is 10.1. The summed E-state index contributed by atoms with van der Waals surface area (Å²) in [5.74, 6) is 0.527. The summed E-state index contributed by atoms with van der Waals surface area (Å²) in [5.41, 5.74) is 8.31. The molecule has 156 valence electrons. The van der Waals surface area contributed by atoms with Gasteiger partial charge in [0.15, 0.2) is 0 Å². The molecule has 3 heterocycles. The fourth-order valence-electron chi connectivity index (χ4n) is 2.92. The predicted molar refractivity (Wildman–Crippen MR) is 123 cm³/mol. The predicted octanol–water partition coefficient (Wildman–Crippen LogP) is 5.18. The van der Waals surface area contributed by atoms with Gasteiger partial charge >= 0.3 is 0 Å². The van der Waals surface area contributed by atoms with Crippen LogP contribution in [0.25, 0.3) is 11.0 Å². The van der Waals surface area contributed by atoms with Crippen molar-refractivity contribution < 1.29 is 9.47 Å². The van der Waals surface area contributed by atoms with Gasteiger partial charge < -0.3 is 20.2 Å². The molecule has 6 nitrogen and oxygen atoms in total. The molecule has 3 aromatic rings. The summed E-state index contributed by atoms with van der Waals surface area (Å²) in [6, 6.07) is 10.9. The molecule has 0 aromatic carbocycles. The Morgan fingerprint density at radius 3 is 2.76 bits per heavy atom. The first-order valence-corrected chi connectivity index (χ1v) is 14.5. The minimum Gasteiger partial charge on any atom is -0.467 e. The number of rotatable bonds is 10. The Hall–Kier alpha value is -1.74. The van der Waals surface area contributed by atoms with Crippen molar-refractivity contribution in [3.63, 3.8) is 0 Å². The first kappa shape index (κ1) is 22.0. The highest BCUT2D eigenvalue weighted by atomic mass is 79.9. The van der Waals surface area contributed by atoms with Gasteiger partial charge in [-0.2, -0.15) is 4.98 Å². The number of aromatic nitrogens is 3. The van der Waals surface area contributed by atoms with Crippen LogP contribution in [0.2, 0.25) is 25.7 Å². The van der Waals surface area contributed by atoms with E-state index in [1.807, 2.05) is 30.5 Å². The van der Waals surface area contributed by atoms with Crippen molar-refractivity contribution in [1.29, 1.82) is 0 Å². The fourth-order valence-corrected chi connectivity index (χ4v) is 4.16. The average Bonchev–Trinajstić information content (AvgIpc) is 3.14. The van der Waals surface area contributed by atoms with E-state index in [4.69, 9.17) is 20.2 Å². The number of hydrogen-bond acceptors (Lipinski definition) is 5. The molecule has 2 unspecified atom stereocenters. The van der Waals surface area contributed by atoms with Gasteiger partial charge in [-0.3, -0.25) is 4.98 Å². The van der Waals surface area contributed by atoms with Crippen molar-refractivity contribution in [1.82, 2.24) is 15.0 Å². The molecule has 0 bridgehead atoms. The highest BCUT2D eigenvalue weighted by Gasteiger charge is 2.23. The van der Waals surface area contributed by atoms with Gasteiger partial charge in [-0.05, 0) is 36.9 Å². The Morgan fingerprint density at radius 2 is 2.07 bits per heavy atom. The first-order chi connectivity index (χ1) is 13.9. The Labute approximate surface area is 181 Å². The van der Waals surface area contributed by atoms with Gasteiger partial charge in [0.1, 0.15) is 16.8 Å². The highest BCUT2D eigenvalue weighted by Crippen LogP contribution is 2.36. The molecule has 8 heteroatoms. The van der Waals surface area contributed by atoms with E-state index in [0.29, 0.717) is 25.5 Å². The first-order valence-electron chi connectivity index (χ1n) is 9.89. The van der Waals surface area contributed by atoms with E-state index in [2.05, 4.69) is 51.6 Å². The van der Waals surface area contributed by atoms with Gasteiger partial charge in [0.25, 0.3) is 0 Å². The molecule has 0 radical (unpaired) electrons. The molecule has 0 saturated carbocycles. The second-order valence-corrected chi connectivity index (χ2v) is 14.7. The second kappa shape index (κ2) is 9.84. The summed E-state index contributed by atoms with van der Waals surface area (Å²) in [7, 11) is -1.17. The van der Waals surface area contributed by atoms with Crippen molar-refractivity contribution in [3.8, 4) is 5.88 Å². The number of fused-ring (bicyclic) bond motifs is 1. The minimum atomic E-state index is -1.17. The number of nitrogens with one attached hydrogen (secondary N) is 1. The minimum absolute atomic E-state index is 0.276. The van der Waals surface area contributed by atoms with Crippen molar-refractivity contribution in [2.45, 2.75) is 43.2 Å². The van der Waals surface area contributed by atoms with Crippen LogP contribution >= 0.6 is 15.9 Å². The van der Waals surface area contributed by atoms with Crippen LogP contribution in [0.3, 0.4) is 0 Å². The van der Waals surface area contributed by atoms with E-state index < -0.39 is 8.07 Å². The molecule has 0 aliphatic heterocycles. The monoisotopic (exact) mass is 476 g/mol. The van der Waals surface area contributed by atoms with E-state index in [0.717, 1.165) is 28.3 Å². The number of hydrogen-bond donors (Lipinski definition) is 2. The van der Waals surface area contributed by atoms with Crippen LogP contribution < -0.4 is 10.5 Å². The van der Waals surface area contributed by atoms with E-state index in [9.17, 15) is 0 Å². The van der Waals surface area contributed by atoms with E-state index in [-0.39, 0.29) is 11.1 Å². The fraction of sp³-hybridized carbons (Fsp3) is 0.429. The number of pyridine rings is 2.